The van der Waals surface area contributed by atoms with Gasteiger partial charge in [-0.3, -0.25) is 9.59 Å². The summed E-state index contributed by atoms with van der Waals surface area (Å²) < 4.78 is 5.58. The molecule has 0 aromatic heterocycles. The molecule has 0 saturated carbocycles. The van der Waals surface area contributed by atoms with Crippen LogP contribution in [0.25, 0.3) is 0 Å². The summed E-state index contributed by atoms with van der Waals surface area (Å²) in [5.41, 5.74) is 2.33. The minimum Gasteiger partial charge on any atom is -0.484 e. The van der Waals surface area contributed by atoms with Crippen LogP contribution >= 0.6 is 0 Å². The van der Waals surface area contributed by atoms with Crippen LogP contribution in [0.15, 0.2) is 48.5 Å². The minimum absolute atomic E-state index is 0.00701. The first kappa shape index (κ1) is 21.5. The van der Waals surface area contributed by atoms with Crippen LogP contribution in [0.2, 0.25) is 0 Å². The highest BCUT2D eigenvalue weighted by molar-refractivity contribution is 5.97. The van der Waals surface area contributed by atoms with Crippen molar-refractivity contribution in [2.45, 2.75) is 40.0 Å². The smallest absolute Gasteiger partial charge is 0.262 e. The predicted molar refractivity (Wildman–Crippen MR) is 113 cm³/mol. The van der Waals surface area contributed by atoms with Gasteiger partial charge in [0.05, 0.1) is 0 Å². The zero-order valence-corrected chi connectivity index (χ0v) is 17.0. The number of benzene rings is 2. The van der Waals surface area contributed by atoms with Crippen molar-refractivity contribution >= 4 is 17.5 Å². The molecule has 5 nitrogen and oxygen atoms in total. The highest BCUT2D eigenvalue weighted by Gasteiger charge is 2.15. The van der Waals surface area contributed by atoms with E-state index in [1.807, 2.05) is 29.2 Å². The highest BCUT2D eigenvalue weighted by atomic mass is 16.5. The molecule has 0 fully saturated rings. The van der Waals surface area contributed by atoms with Gasteiger partial charge in [0.25, 0.3) is 11.8 Å². The SMILES string of the molecule is CCCN(CCC)C(=O)c1cccc(NC(=O)COc2cccc(CC)c2)c1. The molecule has 0 saturated heterocycles. The van der Waals surface area contributed by atoms with Crippen molar-refractivity contribution in [1.82, 2.24) is 4.90 Å². The quantitative estimate of drug-likeness (QED) is 0.657. The summed E-state index contributed by atoms with van der Waals surface area (Å²) in [7, 11) is 0. The Labute approximate surface area is 167 Å². The Morgan fingerprint density at radius 2 is 1.68 bits per heavy atom. The van der Waals surface area contributed by atoms with Gasteiger partial charge in [-0.05, 0) is 55.2 Å². The van der Waals surface area contributed by atoms with E-state index in [1.54, 1.807) is 24.3 Å². The van der Waals surface area contributed by atoms with Gasteiger partial charge in [0, 0.05) is 24.3 Å². The van der Waals surface area contributed by atoms with Crippen LogP contribution < -0.4 is 10.1 Å². The molecule has 0 heterocycles. The molecule has 0 aliphatic rings. The van der Waals surface area contributed by atoms with Crippen LogP contribution in [0, 0.1) is 0 Å². The van der Waals surface area contributed by atoms with Crippen molar-refractivity contribution in [2.75, 3.05) is 25.0 Å². The van der Waals surface area contributed by atoms with E-state index in [0.717, 1.165) is 37.9 Å². The van der Waals surface area contributed by atoms with E-state index in [1.165, 1.54) is 0 Å². The van der Waals surface area contributed by atoms with Gasteiger partial charge in [0.15, 0.2) is 6.61 Å². The van der Waals surface area contributed by atoms with Gasteiger partial charge in [-0.25, -0.2) is 0 Å². The molecule has 2 aromatic carbocycles. The third kappa shape index (κ3) is 6.41. The summed E-state index contributed by atoms with van der Waals surface area (Å²) in [6, 6.07) is 14.8. The first-order valence-corrected chi connectivity index (χ1v) is 9.98. The minimum atomic E-state index is -0.259. The zero-order chi connectivity index (χ0) is 20.4. The maximum absolute atomic E-state index is 12.7. The lowest BCUT2D eigenvalue weighted by Gasteiger charge is -2.21. The largest absolute Gasteiger partial charge is 0.484 e. The van der Waals surface area contributed by atoms with Gasteiger partial charge in [-0.2, -0.15) is 0 Å². The molecule has 0 unspecified atom stereocenters. The lowest BCUT2D eigenvalue weighted by molar-refractivity contribution is -0.118. The number of hydrogen-bond donors (Lipinski definition) is 1. The third-order valence-electron chi connectivity index (χ3n) is 4.34. The van der Waals surface area contributed by atoms with E-state index in [0.29, 0.717) is 17.0 Å². The molecular formula is C23H30N2O3. The molecule has 2 aromatic rings. The predicted octanol–water partition coefficient (Wildman–Crippen LogP) is 4.53. The lowest BCUT2D eigenvalue weighted by Crippen LogP contribution is -2.32. The third-order valence-corrected chi connectivity index (χ3v) is 4.34. The Morgan fingerprint density at radius 3 is 2.36 bits per heavy atom. The topological polar surface area (TPSA) is 58.6 Å². The van der Waals surface area contributed by atoms with Crippen LogP contribution in [0.4, 0.5) is 5.69 Å². The Balaban J connectivity index is 1.97. The Morgan fingerprint density at radius 1 is 0.964 bits per heavy atom. The molecule has 0 aliphatic carbocycles. The first-order valence-electron chi connectivity index (χ1n) is 9.98. The Kier molecular flexibility index (Phi) is 8.53. The summed E-state index contributed by atoms with van der Waals surface area (Å²) in [5.74, 6) is 0.408. The van der Waals surface area contributed by atoms with E-state index in [4.69, 9.17) is 4.74 Å². The molecule has 5 heteroatoms. The molecule has 0 aliphatic heterocycles. The number of amides is 2. The monoisotopic (exact) mass is 382 g/mol. The fourth-order valence-corrected chi connectivity index (χ4v) is 2.97. The molecule has 28 heavy (non-hydrogen) atoms. The summed E-state index contributed by atoms with van der Waals surface area (Å²) in [6.07, 6.45) is 2.74. The van der Waals surface area contributed by atoms with E-state index in [-0.39, 0.29) is 18.4 Å². The second-order valence-electron chi connectivity index (χ2n) is 6.71. The number of hydrogen-bond acceptors (Lipinski definition) is 3. The molecule has 0 spiro atoms. The number of ether oxygens (including phenoxy) is 1. The number of nitrogens with one attached hydrogen (secondary N) is 1. The van der Waals surface area contributed by atoms with Crippen molar-refractivity contribution in [3.05, 3.63) is 59.7 Å². The van der Waals surface area contributed by atoms with E-state index >= 15 is 0 Å². The number of carbonyl (C=O) groups is 2. The standard InChI is InChI=1S/C23H30N2O3/c1-4-13-25(14-5-2)23(27)19-10-8-11-20(16-19)24-22(26)17-28-21-12-7-9-18(6-3)15-21/h7-12,15-16H,4-6,13-14,17H2,1-3H3,(H,24,26). The molecule has 0 bridgehead atoms. The van der Waals surface area contributed by atoms with Crippen LogP contribution in [0.5, 0.6) is 5.75 Å². The number of rotatable bonds is 10. The van der Waals surface area contributed by atoms with Crippen LogP contribution in [0.3, 0.4) is 0 Å². The number of nitrogens with zero attached hydrogens (tertiary/aromatic N) is 1. The van der Waals surface area contributed by atoms with E-state index in [9.17, 15) is 9.59 Å². The van der Waals surface area contributed by atoms with Crippen LogP contribution in [-0.2, 0) is 11.2 Å². The summed E-state index contributed by atoms with van der Waals surface area (Å²) in [6.45, 7) is 7.57. The molecule has 1 N–H and O–H groups in total. The summed E-state index contributed by atoms with van der Waals surface area (Å²) in [4.78, 5) is 26.8. The van der Waals surface area contributed by atoms with Crippen molar-refractivity contribution < 1.29 is 14.3 Å². The van der Waals surface area contributed by atoms with Crippen LogP contribution in [0.1, 0.15) is 49.5 Å². The maximum Gasteiger partial charge on any atom is 0.262 e. The van der Waals surface area contributed by atoms with Gasteiger partial charge in [0.2, 0.25) is 0 Å². The average Bonchev–Trinajstić information content (AvgIpc) is 2.72. The number of carbonyl (C=O) groups excluding carboxylic acids is 2. The normalized spacial score (nSPS) is 10.4. The summed E-state index contributed by atoms with van der Waals surface area (Å²) >= 11 is 0. The van der Waals surface area contributed by atoms with Gasteiger partial charge in [-0.1, -0.05) is 39.0 Å². The number of aryl methyl sites for hydroxylation is 1. The molecule has 150 valence electrons. The van der Waals surface area contributed by atoms with Gasteiger partial charge < -0.3 is 15.0 Å². The molecule has 2 rings (SSSR count). The van der Waals surface area contributed by atoms with Crippen molar-refractivity contribution in [1.29, 1.82) is 0 Å². The van der Waals surface area contributed by atoms with Crippen molar-refractivity contribution in [3.8, 4) is 5.75 Å². The maximum atomic E-state index is 12.7. The van der Waals surface area contributed by atoms with Crippen molar-refractivity contribution in [3.63, 3.8) is 0 Å². The Bertz CT molecular complexity index is 783. The fraction of sp³-hybridized carbons (Fsp3) is 0.391. The second kappa shape index (κ2) is 11.1. The van der Waals surface area contributed by atoms with Gasteiger partial charge in [0.1, 0.15) is 5.75 Å². The molecular weight excluding hydrogens is 352 g/mol. The number of anilines is 1. The first-order chi connectivity index (χ1) is 13.6. The van der Waals surface area contributed by atoms with E-state index in [2.05, 4.69) is 26.1 Å². The summed E-state index contributed by atoms with van der Waals surface area (Å²) in [5, 5.41) is 2.80. The lowest BCUT2D eigenvalue weighted by atomic mass is 10.1. The second-order valence-corrected chi connectivity index (χ2v) is 6.71. The van der Waals surface area contributed by atoms with Gasteiger partial charge in [-0.15, -0.1) is 0 Å². The van der Waals surface area contributed by atoms with Gasteiger partial charge >= 0.3 is 0 Å². The van der Waals surface area contributed by atoms with E-state index < -0.39 is 0 Å². The average molecular weight is 383 g/mol. The van der Waals surface area contributed by atoms with Crippen LogP contribution in [-0.4, -0.2) is 36.4 Å². The Hall–Kier alpha value is -2.82. The fourth-order valence-electron chi connectivity index (χ4n) is 2.97. The molecule has 0 atom stereocenters. The molecule has 0 radical (unpaired) electrons. The van der Waals surface area contributed by atoms with Crippen molar-refractivity contribution in [2.24, 2.45) is 0 Å². The highest BCUT2D eigenvalue weighted by Crippen LogP contribution is 2.15. The zero-order valence-electron chi connectivity index (χ0n) is 17.0. The molecule has 2 amide bonds.